The third-order valence-electron chi connectivity index (χ3n) is 4.63. The molecule has 3 heterocycles. The van der Waals surface area contributed by atoms with Crippen molar-refractivity contribution in [3.05, 3.63) is 41.6 Å². The summed E-state index contributed by atoms with van der Waals surface area (Å²) in [7, 11) is 1.91. The van der Waals surface area contributed by atoms with Gasteiger partial charge in [0.1, 0.15) is 5.82 Å². The molecule has 6 heteroatoms. The summed E-state index contributed by atoms with van der Waals surface area (Å²) in [6.07, 6.45) is 4.39. The lowest BCUT2D eigenvalue weighted by atomic mass is 9.99. The smallest absolute Gasteiger partial charge is 0.231 e. The minimum absolute atomic E-state index is 0.268. The summed E-state index contributed by atoms with van der Waals surface area (Å²) < 4.78 is 11.4. The van der Waals surface area contributed by atoms with Crippen LogP contribution >= 0.6 is 0 Å². The molecule has 2 aliphatic heterocycles. The number of hydrogen-bond donors (Lipinski definition) is 3. The molecule has 0 saturated heterocycles. The van der Waals surface area contributed by atoms with Crippen LogP contribution in [-0.2, 0) is 0 Å². The molecule has 6 nitrogen and oxygen atoms in total. The van der Waals surface area contributed by atoms with E-state index >= 15 is 0 Å². The number of hydrogen-bond acceptors (Lipinski definition) is 6. The van der Waals surface area contributed by atoms with E-state index in [1.165, 1.54) is 5.57 Å². The topological polar surface area (TPSA) is 67.4 Å². The van der Waals surface area contributed by atoms with Gasteiger partial charge < -0.3 is 25.4 Å². The van der Waals surface area contributed by atoms with E-state index in [0.29, 0.717) is 0 Å². The van der Waals surface area contributed by atoms with E-state index in [1.807, 2.05) is 32.2 Å². The van der Waals surface area contributed by atoms with Crippen molar-refractivity contribution < 1.29 is 9.47 Å². The molecule has 0 unspecified atom stereocenters. The van der Waals surface area contributed by atoms with Gasteiger partial charge in [-0.15, -0.1) is 0 Å². The number of anilines is 3. The molecule has 0 amide bonds. The molecule has 0 saturated carbocycles. The number of nitrogens with one attached hydrogen (secondary N) is 3. The van der Waals surface area contributed by atoms with Crippen molar-refractivity contribution >= 4 is 22.8 Å². The highest BCUT2D eigenvalue weighted by Crippen LogP contribution is 2.43. The molecular formula is C20H24N4O2. The Hall–Kier alpha value is -2.73. The maximum Gasteiger partial charge on any atom is 0.231 e. The molecule has 26 heavy (non-hydrogen) atoms. The second kappa shape index (κ2) is 7.25. The molecular weight excluding hydrogens is 328 g/mol. The Labute approximate surface area is 153 Å². The van der Waals surface area contributed by atoms with Crippen LogP contribution in [0.1, 0.15) is 24.1 Å². The predicted octanol–water partition coefficient (Wildman–Crippen LogP) is 3.67. The molecule has 2 aliphatic rings. The fourth-order valence-corrected chi connectivity index (χ4v) is 3.39. The molecule has 0 spiro atoms. The van der Waals surface area contributed by atoms with Gasteiger partial charge in [0, 0.05) is 48.4 Å². The van der Waals surface area contributed by atoms with Gasteiger partial charge in [0.2, 0.25) is 6.79 Å². The average molecular weight is 352 g/mol. The maximum atomic E-state index is 5.75. The SMILES string of the molecule is CNc1cc(C)nc(Nc2cc3c(c(C4=CCNCCC4)c2)OCO3)c1. The third kappa shape index (κ3) is 3.46. The second-order valence-electron chi connectivity index (χ2n) is 6.55. The fraction of sp³-hybridized carbons (Fsp3) is 0.350. The Kier molecular flexibility index (Phi) is 4.67. The van der Waals surface area contributed by atoms with Crippen LogP contribution in [0, 0.1) is 6.92 Å². The van der Waals surface area contributed by atoms with Crippen LogP contribution < -0.4 is 25.4 Å². The third-order valence-corrected chi connectivity index (χ3v) is 4.63. The minimum Gasteiger partial charge on any atom is -0.453 e. The van der Waals surface area contributed by atoms with Gasteiger partial charge in [0.25, 0.3) is 0 Å². The Morgan fingerprint density at radius 2 is 2.04 bits per heavy atom. The van der Waals surface area contributed by atoms with E-state index in [-0.39, 0.29) is 6.79 Å². The number of nitrogens with zero attached hydrogens (tertiary/aromatic N) is 1. The number of aromatic nitrogens is 1. The van der Waals surface area contributed by atoms with Gasteiger partial charge in [0.05, 0.1) is 0 Å². The molecule has 4 rings (SSSR count). The van der Waals surface area contributed by atoms with E-state index in [2.05, 4.69) is 33.1 Å². The lowest BCUT2D eigenvalue weighted by Gasteiger charge is -2.14. The number of ether oxygens (including phenoxy) is 2. The molecule has 0 radical (unpaired) electrons. The molecule has 1 aromatic heterocycles. The molecule has 0 aliphatic carbocycles. The maximum absolute atomic E-state index is 5.75. The van der Waals surface area contributed by atoms with Crippen LogP contribution in [0.25, 0.3) is 5.57 Å². The first-order valence-electron chi connectivity index (χ1n) is 9.00. The predicted molar refractivity (Wildman–Crippen MR) is 104 cm³/mol. The van der Waals surface area contributed by atoms with Crippen LogP contribution in [-0.4, -0.2) is 31.9 Å². The molecule has 1 aromatic carbocycles. The second-order valence-corrected chi connectivity index (χ2v) is 6.55. The summed E-state index contributed by atoms with van der Waals surface area (Å²) >= 11 is 0. The van der Waals surface area contributed by atoms with Crippen molar-refractivity contribution in [1.29, 1.82) is 0 Å². The van der Waals surface area contributed by atoms with Crippen molar-refractivity contribution in [2.45, 2.75) is 19.8 Å². The highest BCUT2D eigenvalue weighted by molar-refractivity contribution is 5.79. The number of fused-ring (bicyclic) bond motifs is 1. The van der Waals surface area contributed by atoms with Gasteiger partial charge in [-0.3, -0.25) is 0 Å². The molecule has 136 valence electrons. The first kappa shape index (κ1) is 16.7. The first-order valence-corrected chi connectivity index (χ1v) is 9.00. The normalized spacial score (nSPS) is 16.0. The molecule has 0 bridgehead atoms. The summed E-state index contributed by atoms with van der Waals surface area (Å²) in [4.78, 5) is 4.58. The zero-order valence-electron chi connectivity index (χ0n) is 15.2. The average Bonchev–Trinajstić information content (AvgIpc) is 2.93. The van der Waals surface area contributed by atoms with Crippen molar-refractivity contribution in [3.63, 3.8) is 0 Å². The summed E-state index contributed by atoms with van der Waals surface area (Å²) in [5, 5.41) is 9.99. The number of pyridine rings is 1. The van der Waals surface area contributed by atoms with E-state index in [4.69, 9.17) is 9.47 Å². The number of aryl methyl sites for hydroxylation is 1. The van der Waals surface area contributed by atoms with Crippen molar-refractivity contribution in [2.75, 3.05) is 37.6 Å². The van der Waals surface area contributed by atoms with E-state index in [0.717, 1.165) is 65.9 Å². The van der Waals surface area contributed by atoms with E-state index in [1.54, 1.807) is 0 Å². The van der Waals surface area contributed by atoms with Crippen LogP contribution in [0.15, 0.2) is 30.3 Å². The minimum atomic E-state index is 0.268. The molecule has 0 atom stereocenters. The quantitative estimate of drug-likeness (QED) is 0.780. The van der Waals surface area contributed by atoms with Gasteiger partial charge in [-0.05, 0) is 44.0 Å². The molecule has 0 fully saturated rings. The Morgan fingerprint density at radius 1 is 1.12 bits per heavy atom. The van der Waals surface area contributed by atoms with Crippen LogP contribution in [0.4, 0.5) is 17.2 Å². The standard InChI is InChI=1S/C20H24N4O2/c1-13-8-15(21-2)11-19(23-13)24-16-9-17(14-4-3-6-22-7-5-14)20-18(10-16)25-12-26-20/h5,8-11,22H,3-4,6-7,12H2,1-2H3,(H2,21,23,24). The highest BCUT2D eigenvalue weighted by atomic mass is 16.7. The summed E-state index contributed by atoms with van der Waals surface area (Å²) in [6.45, 7) is 4.18. The van der Waals surface area contributed by atoms with Gasteiger partial charge in [-0.2, -0.15) is 0 Å². The highest BCUT2D eigenvalue weighted by Gasteiger charge is 2.22. The number of rotatable bonds is 4. The molecule has 3 N–H and O–H groups in total. The molecule has 2 aromatic rings. The zero-order valence-corrected chi connectivity index (χ0v) is 15.2. The Bertz CT molecular complexity index is 848. The van der Waals surface area contributed by atoms with Gasteiger partial charge in [-0.25, -0.2) is 4.98 Å². The van der Waals surface area contributed by atoms with Crippen molar-refractivity contribution in [2.24, 2.45) is 0 Å². The number of allylic oxidation sites excluding steroid dienone is 1. The Balaban J connectivity index is 1.70. The van der Waals surface area contributed by atoms with Gasteiger partial charge in [-0.1, -0.05) is 6.08 Å². The summed E-state index contributed by atoms with van der Waals surface area (Å²) in [5.74, 6) is 2.43. The Morgan fingerprint density at radius 3 is 2.92 bits per heavy atom. The largest absolute Gasteiger partial charge is 0.453 e. The fourth-order valence-electron chi connectivity index (χ4n) is 3.39. The monoisotopic (exact) mass is 352 g/mol. The van der Waals surface area contributed by atoms with E-state index < -0.39 is 0 Å². The number of benzene rings is 1. The zero-order chi connectivity index (χ0) is 17.9. The van der Waals surface area contributed by atoms with Crippen LogP contribution in [0.3, 0.4) is 0 Å². The van der Waals surface area contributed by atoms with Gasteiger partial charge in [0.15, 0.2) is 11.5 Å². The lowest BCUT2D eigenvalue weighted by molar-refractivity contribution is 0.173. The first-order chi connectivity index (χ1) is 12.7. The van der Waals surface area contributed by atoms with Crippen LogP contribution in [0.2, 0.25) is 0 Å². The summed E-state index contributed by atoms with van der Waals surface area (Å²) in [5.41, 5.74) is 5.33. The van der Waals surface area contributed by atoms with Gasteiger partial charge >= 0.3 is 0 Å². The lowest BCUT2D eigenvalue weighted by Crippen LogP contribution is -2.12. The summed E-state index contributed by atoms with van der Waals surface area (Å²) in [6, 6.07) is 8.11. The van der Waals surface area contributed by atoms with Crippen molar-refractivity contribution in [3.8, 4) is 11.5 Å². The van der Waals surface area contributed by atoms with E-state index in [9.17, 15) is 0 Å². The van der Waals surface area contributed by atoms with Crippen LogP contribution in [0.5, 0.6) is 11.5 Å². The van der Waals surface area contributed by atoms with Crippen molar-refractivity contribution in [1.82, 2.24) is 10.3 Å².